The average molecular weight is 454 g/mol. The highest BCUT2D eigenvalue weighted by Gasteiger charge is 2.33. The Hall–Kier alpha value is -3.25. The van der Waals surface area contributed by atoms with E-state index < -0.39 is 12.0 Å². The van der Waals surface area contributed by atoms with E-state index in [9.17, 15) is 19.2 Å². The molecular formula is C23H24FN5O2S. The van der Waals surface area contributed by atoms with Crippen molar-refractivity contribution in [1.29, 1.82) is 5.26 Å². The van der Waals surface area contributed by atoms with E-state index in [1.54, 1.807) is 28.0 Å². The largest absolute Gasteiger partial charge is 0.352 e. The Bertz CT molecular complexity index is 1050. The fraction of sp³-hybridized carbons (Fsp3) is 0.348. The Morgan fingerprint density at radius 3 is 2.75 bits per heavy atom. The summed E-state index contributed by atoms with van der Waals surface area (Å²) in [6.07, 6.45) is 0.300. The van der Waals surface area contributed by atoms with Crippen LogP contribution in [0.3, 0.4) is 0 Å². The Morgan fingerprint density at radius 1 is 1.31 bits per heavy atom. The van der Waals surface area contributed by atoms with Crippen molar-refractivity contribution in [1.82, 2.24) is 0 Å². The second kappa shape index (κ2) is 9.49. The number of carbonyl (C=O) groups excluding carboxylic acids is 2. The van der Waals surface area contributed by atoms with Gasteiger partial charge in [0.1, 0.15) is 18.4 Å². The van der Waals surface area contributed by atoms with Crippen molar-refractivity contribution in [3.05, 3.63) is 48.3 Å². The van der Waals surface area contributed by atoms with Gasteiger partial charge in [-0.1, -0.05) is 0 Å². The minimum absolute atomic E-state index is 0.0167. The van der Waals surface area contributed by atoms with Gasteiger partial charge in [-0.25, -0.2) is 4.39 Å². The monoisotopic (exact) mass is 453 g/mol. The second-order valence-electron chi connectivity index (χ2n) is 7.93. The number of benzene rings is 2. The fourth-order valence-corrected chi connectivity index (χ4v) is 5.28. The maximum Gasteiger partial charge on any atom is 0.246 e. The Balaban J connectivity index is 1.57. The van der Waals surface area contributed by atoms with Crippen LogP contribution in [0.4, 0.5) is 27.1 Å². The van der Waals surface area contributed by atoms with E-state index in [4.69, 9.17) is 0 Å². The van der Waals surface area contributed by atoms with Crippen LogP contribution in [0.5, 0.6) is 0 Å². The zero-order valence-electron chi connectivity index (χ0n) is 17.7. The van der Waals surface area contributed by atoms with Crippen molar-refractivity contribution < 1.29 is 14.0 Å². The first-order valence-corrected chi connectivity index (χ1v) is 11.6. The topological polar surface area (TPSA) is 88.5 Å². The lowest BCUT2D eigenvalue weighted by molar-refractivity contribution is -0.117. The summed E-state index contributed by atoms with van der Waals surface area (Å²) in [5.74, 6) is 1.77. The minimum Gasteiger partial charge on any atom is -0.352 e. The molecule has 0 spiro atoms. The molecule has 2 N–H and O–H groups in total. The number of anilines is 4. The normalized spacial score (nSPS) is 19.1. The van der Waals surface area contributed by atoms with Crippen molar-refractivity contribution in [3.8, 4) is 6.07 Å². The summed E-state index contributed by atoms with van der Waals surface area (Å²) in [6, 6.07) is 13.6. The van der Waals surface area contributed by atoms with E-state index in [0.717, 1.165) is 23.6 Å². The van der Waals surface area contributed by atoms with Gasteiger partial charge in [-0.2, -0.15) is 17.0 Å². The van der Waals surface area contributed by atoms with E-state index in [0.29, 0.717) is 29.5 Å². The molecule has 2 aliphatic rings. The third-order valence-corrected chi connectivity index (χ3v) is 6.80. The second-order valence-corrected chi connectivity index (χ2v) is 9.08. The van der Waals surface area contributed by atoms with E-state index in [-0.39, 0.29) is 18.4 Å². The molecule has 2 aromatic rings. The smallest absolute Gasteiger partial charge is 0.246 e. The Kier molecular flexibility index (Phi) is 6.51. The van der Waals surface area contributed by atoms with Gasteiger partial charge >= 0.3 is 0 Å². The third kappa shape index (κ3) is 4.81. The number of nitrogens with zero attached hydrogens (tertiary/aromatic N) is 3. The first kappa shape index (κ1) is 22.0. The molecule has 0 aromatic heterocycles. The lowest BCUT2D eigenvalue weighted by atomic mass is 10.1. The first-order valence-electron chi connectivity index (χ1n) is 10.4. The molecule has 2 aromatic carbocycles. The van der Waals surface area contributed by atoms with Gasteiger partial charge in [0.15, 0.2) is 6.17 Å². The first-order chi connectivity index (χ1) is 15.4. The molecule has 2 unspecified atom stereocenters. The van der Waals surface area contributed by atoms with Crippen LogP contribution in [-0.4, -0.2) is 42.6 Å². The zero-order valence-corrected chi connectivity index (χ0v) is 18.5. The molecule has 2 heterocycles. The van der Waals surface area contributed by atoms with Gasteiger partial charge in [-0.3, -0.25) is 9.59 Å². The summed E-state index contributed by atoms with van der Waals surface area (Å²) in [5.41, 5.74) is 2.53. The SMILES string of the molecule is CC(=O)Nc1ccc(N(CC2CCSC2)C(=O)CN2c3ccc(F)cc3NC2C#N)cc1. The molecule has 2 amide bonds. The van der Waals surface area contributed by atoms with Gasteiger partial charge in [0.05, 0.1) is 11.4 Å². The summed E-state index contributed by atoms with van der Waals surface area (Å²) < 4.78 is 13.6. The summed E-state index contributed by atoms with van der Waals surface area (Å²) in [5, 5.41) is 15.3. The number of nitriles is 1. The van der Waals surface area contributed by atoms with Crippen LogP contribution in [0.15, 0.2) is 42.5 Å². The molecule has 0 radical (unpaired) electrons. The highest BCUT2D eigenvalue weighted by atomic mass is 32.2. The van der Waals surface area contributed by atoms with Gasteiger partial charge in [0.2, 0.25) is 11.8 Å². The number of halogens is 1. The number of hydrogen-bond acceptors (Lipinski definition) is 6. The number of nitrogens with one attached hydrogen (secondary N) is 2. The van der Waals surface area contributed by atoms with Crippen LogP contribution in [-0.2, 0) is 9.59 Å². The van der Waals surface area contributed by atoms with E-state index in [1.165, 1.54) is 19.1 Å². The molecule has 2 aliphatic heterocycles. The molecule has 32 heavy (non-hydrogen) atoms. The van der Waals surface area contributed by atoms with Gasteiger partial charge in [0, 0.05) is 24.8 Å². The third-order valence-electron chi connectivity index (χ3n) is 5.56. The number of amides is 2. The molecule has 7 nitrogen and oxygen atoms in total. The number of thioether (sulfide) groups is 1. The van der Waals surface area contributed by atoms with Crippen LogP contribution in [0.25, 0.3) is 0 Å². The van der Waals surface area contributed by atoms with Gasteiger partial charge in [0.25, 0.3) is 0 Å². The standard InChI is InChI=1S/C23H24FN5O2S/c1-15(30)26-18-3-5-19(6-4-18)28(12-16-8-9-32-14-16)23(31)13-29-21-7-2-17(24)10-20(21)27-22(29)11-25/h2-7,10,16,22,27H,8-9,12-14H2,1H3,(H,26,30). The fourth-order valence-electron chi connectivity index (χ4n) is 4.01. The van der Waals surface area contributed by atoms with Gasteiger partial charge in [-0.15, -0.1) is 0 Å². The zero-order chi connectivity index (χ0) is 22.7. The van der Waals surface area contributed by atoms with Crippen LogP contribution in [0, 0.1) is 23.1 Å². The predicted molar refractivity (Wildman–Crippen MR) is 125 cm³/mol. The molecule has 0 saturated carbocycles. The Morgan fingerprint density at radius 2 is 2.09 bits per heavy atom. The molecule has 2 atom stereocenters. The van der Waals surface area contributed by atoms with Crippen LogP contribution < -0.4 is 20.4 Å². The van der Waals surface area contributed by atoms with Crippen LogP contribution >= 0.6 is 11.8 Å². The van der Waals surface area contributed by atoms with Gasteiger partial charge < -0.3 is 20.4 Å². The number of fused-ring (bicyclic) bond motifs is 1. The molecule has 9 heteroatoms. The summed E-state index contributed by atoms with van der Waals surface area (Å²) in [7, 11) is 0. The molecule has 1 saturated heterocycles. The summed E-state index contributed by atoms with van der Waals surface area (Å²) >= 11 is 1.88. The summed E-state index contributed by atoms with van der Waals surface area (Å²) in [6.45, 7) is 2.01. The van der Waals surface area contributed by atoms with Crippen molar-refractivity contribution >= 4 is 46.3 Å². The lowest BCUT2D eigenvalue weighted by Gasteiger charge is -2.29. The van der Waals surface area contributed by atoms with E-state index >= 15 is 0 Å². The highest BCUT2D eigenvalue weighted by molar-refractivity contribution is 7.99. The molecular weight excluding hydrogens is 429 g/mol. The molecule has 166 valence electrons. The predicted octanol–water partition coefficient (Wildman–Crippen LogP) is 3.65. The molecule has 0 aliphatic carbocycles. The quantitative estimate of drug-likeness (QED) is 0.694. The molecule has 4 rings (SSSR count). The van der Waals surface area contributed by atoms with E-state index in [2.05, 4.69) is 16.7 Å². The minimum atomic E-state index is -0.748. The maximum absolute atomic E-state index is 13.6. The van der Waals surface area contributed by atoms with Crippen molar-refractivity contribution in [3.63, 3.8) is 0 Å². The lowest BCUT2D eigenvalue weighted by Crippen LogP contribution is -2.46. The van der Waals surface area contributed by atoms with Crippen molar-refractivity contribution in [2.45, 2.75) is 19.5 Å². The number of hydrogen-bond donors (Lipinski definition) is 2. The van der Waals surface area contributed by atoms with Crippen LogP contribution in [0.1, 0.15) is 13.3 Å². The number of rotatable bonds is 6. The molecule has 0 bridgehead atoms. The average Bonchev–Trinajstić information content (AvgIpc) is 3.39. The number of carbonyl (C=O) groups is 2. The van der Waals surface area contributed by atoms with E-state index in [1.807, 2.05) is 23.9 Å². The maximum atomic E-state index is 13.6. The molecule has 1 fully saturated rings. The van der Waals surface area contributed by atoms with Crippen molar-refractivity contribution in [2.24, 2.45) is 5.92 Å². The van der Waals surface area contributed by atoms with Crippen molar-refractivity contribution in [2.75, 3.05) is 45.0 Å². The Labute approximate surface area is 190 Å². The summed E-state index contributed by atoms with van der Waals surface area (Å²) in [4.78, 5) is 28.2. The van der Waals surface area contributed by atoms with Crippen LogP contribution in [0.2, 0.25) is 0 Å². The highest BCUT2D eigenvalue weighted by Crippen LogP contribution is 2.35. The van der Waals surface area contributed by atoms with Gasteiger partial charge in [-0.05, 0) is 66.3 Å².